The molecule has 5 heteroatoms. The number of aliphatic imine (C=N–C) groups is 1. The Morgan fingerprint density at radius 3 is 2.79 bits per heavy atom. The average molecular weight is 398 g/mol. The van der Waals surface area contributed by atoms with Crippen molar-refractivity contribution in [3.05, 3.63) is 66.7 Å². The van der Waals surface area contributed by atoms with E-state index in [1.807, 2.05) is 43.7 Å². The van der Waals surface area contributed by atoms with Crippen LogP contribution in [0.15, 0.2) is 65.9 Å². The predicted octanol–water partition coefficient (Wildman–Crippen LogP) is 5.81. The van der Waals surface area contributed by atoms with Gasteiger partial charge in [0.25, 0.3) is 0 Å². The Labute approximate surface area is 172 Å². The Bertz CT molecular complexity index is 795. The molecule has 2 unspecified atom stereocenters. The monoisotopic (exact) mass is 397 g/mol. The maximum Gasteiger partial charge on any atom is 0.0864 e. The lowest BCUT2D eigenvalue weighted by Crippen LogP contribution is -2.11. The van der Waals surface area contributed by atoms with Crippen LogP contribution in [0.2, 0.25) is 0 Å². The van der Waals surface area contributed by atoms with Gasteiger partial charge in [0.05, 0.1) is 16.4 Å². The summed E-state index contributed by atoms with van der Waals surface area (Å²) in [5, 5.41) is 10.4. The molecule has 0 fully saturated rings. The Morgan fingerprint density at radius 1 is 1.36 bits per heavy atom. The normalized spacial score (nSPS) is 14.7. The predicted molar refractivity (Wildman–Crippen MR) is 122 cm³/mol. The van der Waals surface area contributed by atoms with Gasteiger partial charge < -0.3 is 10.1 Å². The van der Waals surface area contributed by atoms with Gasteiger partial charge in [0.15, 0.2) is 0 Å². The van der Waals surface area contributed by atoms with E-state index in [-0.39, 0.29) is 12.5 Å². The number of aromatic amines is 1. The van der Waals surface area contributed by atoms with Crippen LogP contribution in [0.5, 0.6) is 0 Å². The zero-order valence-electron chi connectivity index (χ0n) is 17.1. The lowest BCUT2D eigenvalue weighted by atomic mass is 9.84. The molecule has 0 bridgehead atoms. The van der Waals surface area contributed by atoms with Gasteiger partial charge in [-0.25, -0.2) is 0 Å². The van der Waals surface area contributed by atoms with E-state index in [9.17, 15) is 5.11 Å². The van der Waals surface area contributed by atoms with Gasteiger partial charge in [-0.15, -0.1) is 11.8 Å². The minimum absolute atomic E-state index is 0.143. The van der Waals surface area contributed by atoms with Crippen LogP contribution < -0.4 is 0 Å². The molecule has 0 aromatic carbocycles. The van der Waals surface area contributed by atoms with Gasteiger partial charge in [-0.1, -0.05) is 32.1 Å². The first-order chi connectivity index (χ1) is 13.6. The molecule has 4 nitrogen and oxygen atoms in total. The smallest absolute Gasteiger partial charge is 0.0864 e. The lowest BCUT2D eigenvalue weighted by Gasteiger charge is -2.22. The zero-order chi connectivity index (χ0) is 20.4. The fourth-order valence-electron chi connectivity index (χ4n) is 3.24. The third kappa shape index (κ3) is 6.21. The number of thioether (sulfide) groups is 1. The average Bonchev–Trinajstić information content (AvgIpc) is 3.22. The van der Waals surface area contributed by atoms with Gasteiger partial charge in [-0.2, -0.15) is 0 Å². The number of H-pyrrole nitrogens is 1. The van der Waals surface area contributed by atoms with Crippen LogP contribution in [0.4, 0.5) is 0 Å². The highest BCUT2D eigenvalue weighted by molar-refractivity contribution is 8.13. The summed E-state index contributed by atoms with van der Waals surface area (Å²) in [7, 11) is 0. The molecule has 0 aliphatic carbocycles. The molecule has 0 radical (unpaired) electrons. The van der Waals surface area contributed by atoms with Crippen molar-refractivity contribution in [3.8, 4) is 11.4 Å². The van der Waals surface area contributed by atoms with Crippen LogP contribution in [0.3, 0.4) is 0 Å². The molecule has 2 aromatic rings. The standard InChI is InChI=1S/C23H31N3OS/c1-5-18(12-14-27)15-20(19(6-2)16-25-17(3)28-4)21-10-11-23(26-21)22-9-7-8-13-24-22/h6-11,13,16,18,20,26-27H,2,5,12,14-15H2,1,3-4H3/b19-16+,25-17?. The Morgan fingerprint density at radius 2 is 2.18 bits per heavy atom. The molecule has 0 spiro atoms. The number of nitrogens with one attached hydrogen (secondary N) is 1. The van der Waals surface area contributed by atoms with Crippen LogP contribution >= 0.6 is 11.8 Å². The second-order valence-electron chi connectivity index (χ2n) is 6.80. The van der Waals surface area contributed by atoms with Gasteiger partial charge >= 0.3 is 0 Å². The number of nitrogens with zero attached hydrogens (tertiary/aromatic N) is 2. The number of hydrogen-bond donors (Lipinski definition) is 2. The summed E-state index contributed by atoms with van der Waals surface area (Å²) in [5.74, 6) is 0.579. The number of hydrogen-bond acceptors (Lipinski definition) is 4. The van der Waals surface area contributed by atoms with Crippen molar-refractivity contribution in [1.29, 1.82) is 0 Å². The molecular weight excluding hydrogens is 366 g/mol. The number of aliphatic hydroxyl groups is 1. The summed E-state index contributed by atoms with van der Waals surface area (Å²) in [6.45, 7) is 8.43. The van der Waals surface area contributed by atoms with Gasteiger partial charge in [0, 0.05) is 30.6 Å². The van der Waals surface area contributed by atoms with E-state index in [0.717, 1.165) is 47.0 Å². The third-order valence-corrected chi connectivity index (χ3v) is 5.73. The van der Waals surface area contributed by atoms with Crippen LogP contribution in [-0.4, -0.2) is 33.0 Å². The lowest BCUT2D eigenvalue weighted by molar-refractivity contribution is 0.246. The molecule has 2 N–H and O–H groups in total. The molecule has 0 amide bonds. The molecule has 0 saturated heterocycles. The number of allylic oxidation sites excluding steroid dienone is 2. The van der Waals surface area contributed by atoms with E-state index < -0.39 is 0 Å². The summed E-state index contributed by atoms with van der Waals surface area (Å²) in [4.78, 5) is 12.6. The summed E-state index contributed by atoms with van der Waals surface area (Å²) < 4.78 is 0. The van der Waals surface area contributed by atoms with Gasteiger partial charge in [-0.3, -0.25) is 9.98 Å². The van der Waals surface area contributed by atoms with E-state index in [1.165, 1.54) is 0 Å². The third-order valence-electron chi connectivity index (χ3n) is 5.04. The highest BCUT2D eigenvalue weighted by Crippen LogP contribution is 2.34. The van der Waals surface area contributed by atoms with E-state index in [4.69, 9.17) is 0 Å². The minimum atomic E-state index is 0.143. The molecular formula is C23H31N3OS. The molecule has 2 aromatic heterocycles. The van der Waals surface area contributed by atoms with Crippen molar-refractivity contribution < 1.29 is 5.11 Å². The molecule has 2 atom stereocenters. The van der Waals surface area contributed by atoms with Crippen LogP contribution in [-0.2, 0) is 0 Å². The van der Waals surface area contributed by atoms with Crippen molar-refractivity contribution >= 4 is 16.8 Å². The number of aliphatic hydroxyl groups excluding tert-OH is 1. The zero-order valence-corrected chi connectivity index (χ0v) is 17.9. The first-order valence-corrected chi connectivity index (χ1v) is 11.0. The molecule has 2 rings (SSSR count). The molecule has 0 aliphatic rings. The number of aromatic nitrogens is 2. The number of pyridine rings is 1. The molecule has 0 saturated carbocycles. The first-order valence-electron chi connectivity index (χ1n) is 9.74. The highest BCUT2D eigenvalue weighted by Gasteiger charge is 2.21. The van der Waals surface area contributed by atoms with Crippen molar-refractivity contribution in [1.82, 2.24) is 9.97 Å². The fraction of sp³-hybridized carbons (Fsp3) is 0.391. The first kappa shape index (κ1) is 22.2. The summed E-state index contributed by atoms with van der Waals surface area (Å²) in [5.41, 5.74) is 4.14. The largest absolute Gasteiger partial charge is 0.396 e. The van der Waals surface area contributed by atoms with E-state index in [2.05, 4.69) is 40.6 Å². The molecule has 28 heavy (non-hydrogen) atoms. The van der Waals surface area contributed by atoms with Crippen molar-refractivity contribution in [2.75, 3.05) is 12.9 Å². The number of rotatable bonds is 10. The quantitative estimate of drug-likeness (QED) is 0.302. The topological polar surface area (TPSA) is 61.3 Å². The summed E-state index contributed by atoms with van der Waals surface area (Å²) >= 11 is 1.63. The Balaban J connectivity index is 2.40. The Hall–Kier alpha value is -2.11. The van der Waals surface area contributed by atoms with Crippen molar-refractivity contribution in [2.24, 2.45) is 10.9 Å². The second-order valence-corrected chi connectivity index (χ2v) is 7.80. The van der Waals surface area contributed by atoms with E-state index in [0.29, 0.717) is 5.92 Å². The maximum absolute atomic E-state index is 9.43. The SMILES string of the molecule is C=C/C(=C\N=C(C)SC)C(CC(CC)CCO)c1ccc(-c2ccccn2)[nH]1. The minimum Gasteiger partial charge on any atom is -0.396 e. The fourth-order valence-corrected chi connectivity index (χ4v) is 3.40. The Kier molecular flexibility index (Phi) is 9.24. The van der Waals surface area contributed by atoms with E-state index >= 15 is 0 Å². The second kappa shape index (κ2) is 11.7. The van der Waals surface area contributed by atoms with Crippen LogP contribution in [0.1, 0.15) is 44.7 Å². The summed E-state index contributed by atoms with van der Waals surface area (Å²) in [6, 6.07) is 10.1. The van der Waals surface area contributed by atoms with Gasteiger partial charge in [0.1, 0.15) is 0 Å². The van der Waals surface area contributed by atoms with Gasteiger partial charge in [-0.05, 0) is 61.8 Å². The molecule has 0 aliphatic heterocycles. The van der Waals surface area contributed by atoms with Crippen LogP contribution in [0.25, 0.3) is 11.4 Å². The molecule has 150 valence electrons. The highest BCUT2D eigenvalue weighted by atomic mass is 32.2. The maximum atomic E-state index is 9.43. The van der Waals surface area contributed by atoms with Crippen molar-refractivity contribution in [3.63, 3.8) is 0 Å². The van der Waals surface area contributed by atoms with Crippen molar-refractivity contribution in [2.45, 2.75) is 39.0 Å². The van der Waals surface area contributed by atoms with Crippen LogP contribution in [0, 0.1) is 5.92 Å². The van der Waals surface area contributed by atoms with Gasteiger partial charge in [0.2, 0.25) is 0 Å². The molecule has 2 heterocycles. The summed E-state index contributed by atoms with van der Waals surface area (Å²) in [6.07, 6.45) is 10.4. The van der Waals surface area contributed by atoms with E-state index in [1.54, 1.807) is 18.0 Å².